The molecule has 0 aliphatic rings. The smallest absolute Gasteiger partial charge is 0.251 e. The Balaban J connectivity index is 0.00000361. The third-order valence-corrected chi connectivity index (χ3v) is 2.45. The van der Waals surface area contributed by atoms with Gasteiger partial charge in [-0.1, -0.05) is 6.08 Å². The van der Waals surface area contributed by atoms with Crippen molar-refractivity contribution in [2.45, 2.75) is 12.8 Å². The van der Waals surface area contributed by atoms with Crippen LogP contribution in [0.1, 0.15) is 23.2 Å². The normalized spacial score (nSPS) is 9.25. The molecule has 0 unspecified atom stereocenters. The molecule has 2 amide bonds. The first-order chi connectivity index (χ1) is 9.17. The molecule has 20 heavy (non-hydrogen) atoms. The molecule has 4 N–H and O–H groups in total. The fraction of sp³-hybridized carbons (Fsp3) is 0.286. The highest BCUT2D eigenvalue weighted by molar-refractivity contribution is 5.95. The summed E-state index contributed by atoms with van der Waals surface area (Å²) in [6, 6.07) is 6.72. The minimum Gasteiger partial charge on any atom is -0.349 e. The molecule has 110 valence electrons. The summed E-state index contributed by atoms with van der Waals surface area (Å²) in [6.07, 6.45) is 2.68. The maximum Gasteiger partial charge on any atom is 0.251 e. The van der Waals surface area contributed by atoms with Crippen LogP contribution < -0.4 is 16.4 Å². The van der Waals surface area contributed by atoms with Gasteiger partial charge in [0.2, 0.25) is 5.91 Å². The van der Waals surface area contributed by atoms with E-state index in [1.54, 1.807) is 30.3 Å². The lowest BCUT2D eigenvalue weighted by Gasteiger charge is -2.06. The van der Waals surface area contributed by atoms with Gasteiger partial charge in [0, 0.05) is 24.2 Å². The Kier molecular flexibility index (Phi) is 9.07. The number of rotatable bonds is 7. The van der Waals surface area contributed by atoms with Gasteiger partial charge in [0.05, 0.1) is 0 Å². The van der Waals surface area contributed by atoms with Gasteiger partial charge in [-0.05, 0) is 37.2 Å². The van der Waals surface area contributed by atoms with Crippen LogP contribution in [0.25, 0.3) is 0 Å². The minimum absolute atomic E-state index is 0. The summed E-state index contributed by atoms with van der Waals surface area (Å²) in [4.78, 5) is 23.1. The summed E-state index contributed by atoms with van der Waals surface area (Å²) < 4.78 is 0. The molecule has 0 fully saturated rings. The molecule has 6 heteroatoms. The Hall–Kier alpha value is -1.85. The van der Waals surface area contributed by atoms with Crippen LogP contribution in [0.3, 0.4) is 0 Å². The summed E-state index contributed by atoms with van der Waals surface area (Å²) >= 11 is 0. The number of nitrogens with two attached hydrogens (primary N) is 1. The molecular weight excluding hydrogens is 278 g/mol. The van der Waals surface area contributed by atoms with Gasteiger partial charge < -0.3 is 16.4 Å². The van der Waals surface area contributed by atoms with Gasteiger partial charge >= 0.3 is 0 Å². The van der Waals surface area contributed by atoms with Crippen molar-refractivity contribution in [3.63, 3.8) is 0 Å². The van der Waals surface area contributed by atoms with Crippen LogP contribution in [0.15, 0.2) is 36.9 Å². The lowest BCUT2D eigenvalue weighted by molar-refractivity contribution is -0.116. The zero-order chi connectivity index (χ0) is 14.1. The maximum atomic E-state index is 11.6. The van der Waals surface area contributed by atoms with Crippen molar-refractivity contribution in [1.29, 1.82) is 0 Å². The zero-order valence-corrected chi connectivity index (χ0v) is 12.0. The second-order valence-corrected chi connectivity index (χ2v) is 4.02. The van der Waals surface area contributed by atoms with Crippen LogP contribution >= 0.6 is 12.4 Å². The van der Waals surface area contributed by atoms with Crippen molar-refractivity contribution >= 4 is 29.9 Å². The highest BCUT2D eigenvalue weighted by atomic mass is 35.5. The van der Waals surface area contributed by atoms with Gasteiger partial charge in [-0.2, -0.15) is 0 Å². The van der Waals surface area contributed by atoms with Crippen molar-refractivity contribution in [3.05, 3.63) is 42.5 Å². The molecule has 1 rings (SSSR count). The summed E-state index contributed by atoms with van der Waals surface area (Å²) in [5.41, 5.74) is 6.54. The second kappa shape index (κ2) is 10.00. The molecule has 5 nitrogen and oxygen atoms in total. The van der Waals surface area contributed by atoms with E-state index in [1.165, 1.54) is 0 Å². The van der Waals surface area contributed by atoms with E-state index in [2.05, 4.69) is 17.2 Å². The number of halogens is 1. The largest absolute Gasteiger partial charge is 0.349 e. The highest BCUT2D eigenvalue weighted by Gasteiger charge is 2.05. The Bertz CT molecular complexity index is 446. The average molecular weight is 298 g/mol. The fourth-order valence-corrected chi connectivity index (χ4v) is 1.46. The second-order valence-electron chi connectivity index (χ2n) is 4.02. The quantitative estimate of drug-likeness (QED) is 0.670. The van der Waals surface area contributed by atoms with E-state index in [0.29, 0.717) is 37.2 Å². The van der Waals surface area contributed by atoms with Crippen molar-refractivity contribution in [2.75, 3.05) is 18.4 Å². The van der Waals surface area contributed by atoms with E-state index in [0.717, 1.165) is 0 Å². The minimum atomic E-state index is -0.166. The SMILES string of the molecule is C=CCNC(=O)c1ccc(NC(=O)CCCN)cc1.Cl. The lowest BCUT2D eigenvalue weighted by Crippen LogP contribution is -2.23. The number of amides is 2. The van der Waals surface area contributed by atoms with Crippen LogP contribution in [0.4, 0.5) is 5.69 Å². The van der Waals surface area contributed by atoms with E-state index in [4.69, 9.17) is 5.73 Å². The average Bonchev–Trinajstić information content (AvgIpc) is 2.43. The third-order valence-electron chi connectivity index (χ3n) is 2.45. The van der Waals surface area contributed by atoms with Crippen molar-refractivity contribution < 1.29 is 9.59 Å². The van der Waals surface area contributed by atoms with Gasteiger partial charge in [-0.25, -0.2) is 0 Å². The Morgan fingerprint density at radius 3 is 2.45 bits per heavy atom. The molecule has 1 aromatic rings. The molecular formula is C14H20ClN3O2. The van der Waals surface area contributed by atoms with E-state index in [9.17, 15) is 9.59 Å². The molecule has 0 radical (unpaired) electrons. The number of anilines is 1. The number of hydrogen-bond acceptors (Lipinski definition) is 3. The van der Waals surface area contributed by atoms with Crippen molar-refractivity contribution in [2.24, 2.45) is 5.73 Å². The highest BCUT2D eigenvalue weighted by Crippen LogP contribution is 2.10. The van der Waals surface area contributed by atoms with Crippen LogP contribution in [0.5, 0.6) is 0 Å². The summed E-state index contributed by atoms with van der Waals surface area (Å²) in [7, 11) is 0. The van der Waals surface area contributed by atoms with Crippen LogP contribution in [0.2, 0.25) is 0 Å². The molecule has 0 aliphatic carbocycles. The summed E-state index contributed by atoms with van der Waals surface area (Å²) in [5, 5.41) is 5.42. The summed E-state index contributed by atoms with van der Waals surface area (Å²) in [6.45, 7) is 4.45. The predicted octanol–water partition coefficient (Wildman–Crippen LogP) is 1.70. The van der Waals surface area contributed by atoms with Gasteiger partial charge in [-0.15, -0.1) is 19.0 Å². The van der Waals surface area contributed by atoms with E-state index in [1.807, 2.05) is 0 Å². The lowest BCUT2D eigenvalue weighted by atomic mass is 10.2. The number of carbonyl (C=O) groups is 2. The fourth-order valence-electron chi connectivity index (χ4n) is 1.46. The van der Waals surface area contributed by atoms with Gasteiger partial charge in [0.15, 0.2) is 0 Å². The zero-order valence-electron chi connectivity index (χ0n) is 11.2. The standard InChI is InChI=1S/C14H19N3O2.ClH/c1-2-10-16-14(19)11-5-7-12(8-6-11)17-13(18)4-3-9-15;/h2,5-8H,1,3-4,9-10,15H2,(H,16,19)(H,17,18);1H. The topological polar surface area (TPSA) is 84.2 Å². The molecule has 0 aromatic heterocycles. The Morgan fingerprint density at radius 2 is 1.90 bits per heavy atom. The van der Waals surface area contributed by atoms with E-state index >= 15 is 0 Å². The molecule has 0 bridgehead atoms. The first-order valence-electron chi connectivity index (χ1n) is 6.16. The van der Waals surface area contributed by atoms with Gasteiger partial charge in [0.1, 0.15) is 0 Å². The monoisotopic (exact) mass is 297 g/mol. The van der Waals surface area contributed by atoms with Gasteiger partial charge in [0.25, 0.3) is 5.91 Å². The van der Waals surface area contributed by atoms with E-state index in [-0.39, 0.29) is 24.2 Å². The molecule has 0 aliphatic heterocycles. The predicted molar refractivity (Wildman–Crippen MR) is 83.1 cm³/mol. The molecule has 0 saturated carbocycles. The number of nitrogens with one attached hydrogen (secondary N) is 2. The number of hydrogen-bond donors (Lipinski definition) is 3. The molecule has 0 atom stereocenters. The third kappa shape index (κ3) is 6.36. The molecule has 0 saturated heterocycles. The number of carbonyl (C=O) groups excluding carboxylic acids is 2. The van der Waals surface area contributed by atoms with Crippen LogP contribution in [0, 0.1) is 0 Å². The molecule has 1 aromatic carbocycles. The van der Waals surface area contributed by atoms with Crippen molar-refractivity contribution in [3.8, 4) is 0 Å². The molecule has 0 heterocycles. The van der Waals surface area contributed by atoms with Crippen LogP contribution in [-0.4, -0.2) is 24.9 Å². The molecule has 0 spiro atoms. The number of benzene rings is 1. The Morgan fingerprint density at radius 1 is 1.25 bits per heavy atom. The van der Waals surface area contributed by atoms with E-state index < -0.39 is 0 Å². The van der Waals surface area contributed by atoms with Crippen LogP contribution in [-0.2, 0) is 4.79 Å². The van der Waals surface area contributed by atoms with Crippen molar-refractivity contribution in [1.82, 2.24) is 5.32 Å². The van der Waals surface area contributed by atoms with Gasteiger partial charge in [-0.3, -0.25) is 9.59 Å². The first kappa shape index (κ1) is 18.1. The summed E-state index contributed by atoms with van der Waals surface area (Å²) in [5.74, 6) is -0.241. The first-order valence-corrected chi connectivity index (χ1v) is 6.16. The maximum absolute atomic E-state index is 11.6. The Labute approximate surface area is 125 Å².